The second kappa shape index (κ2) is 8.15. The Balaban J connectivity index is 1.55. The van der Waals surface area contributed by atoms with Gasteiger partial charge in [-0.05, 0) is 58.3 Å². The molecule has 1 aromatic heterocycles. The summed E-state index contributed by atoms with van der Waals surface area (Å²) in [5, 5.41) is 5.05. The molecule has 2 aromatic rings. The van der Waals surface area contributed by atoms with Crippen molar-refractivity contribution in [3.05, 3.63) is 35.9 Å². The third-order valence-electron chi connectivity index (χ3n) is 6.69. The van der Waals surface area contributed by atoms with Crippen molar-refractivity contribution in [1.82, 2.24) is 15.2 Å². The van der Waals surface area contributed by atoms with E-state index in [1.807, 2.05) is 0 Å². The maximum absolute atomic E-state index is 5.08. The Hall–Kier alpha value is -1.65. The van der Waals surface area contributed by atoms with Crippen LogP contribution in [0.25, 0.3) is 10.9 Å². The molecule has 1 aromatic carbocycles. The number of anilines is 1. The van der Waals surface area contributed by atoms with Crippen molar-refractivity contribution in [3.8, 4) is 0 Å². The van der Waals surface area contributed by atoms with Gasteiger partial charge < -0.3 is 15.1 Å². The van der Waals surface area contributed by atoms with Gasteiger partial charge in [0.15, 0.2) is 0 Å². The van der Waals surface area contributed by atoms with Crippen molar-refractivity contribution < 1.29 is 0 Å². The van der Waals surface area contributed by atoms with Gasteiger partial charge in [-0.15, -0.1) is 0 Å². The fraction of sp³-hybridized carbons (Fsp3) is 0.609. The van der Waals surface area contributed by atoms with Gasteiger partial charge in [-0.25, -0.2) is 4.98 Å². The van der Waals surface area contributed by atoms with E-state index in [0.29, 0.717) is 5.54 Å². The molecule has 2 heterocycles. The summed E-state index contributed by atoms with van der Waals surface area (Å²) in [7, 11) is 4.48. The Labute approximate surface area is 163 Å². The molecule has 0 radical (unpaired) electrons. The summed E-state index contributed by atoms with van der Waals surface area (Å²) in [6, 6.07) is 10.9. The van der Waals surface area contributed by atoms with E-state index >= 15 is 0 Å². The van der Waals surface area contributed by atoms with Gasteiger partial charge in [-0.1, -0.05) is 31.0 Å². The highest BCUT2D eigenvalue weighted by atomic mass is 15.2. The molecule has 1 saturated carbocycles. The Kier molecular flexibility index (Phi) is 5.65. The lowest BCUT2D eigenvalue weighted by Gasteiger charge is -2.37. The smallest absolute Gasteiger partial charge is 0.133 e. The van der Waals surface area contributed by atoms with E-state index in [1.165, 1.54) is 61.7 Å². The summed E-state index contributed by atoms with van der Waals surface area (Å²) in [6.45, 7) is 4.24. The van der Waals surface area contributed by atoms with E-state index in [1.54, 1.807) is 0 Å². The molecule has 146 valence electrons. The highest BCUT2D eigenvalue weighted by molar-refractivity contribution is 5.81. The topological polar surface area (TPSA) is 31.4 Å². The number of hydrogen-bond donors (Lipinski definition) is 1. The van der Waals surface area contributed by atoms with Crippen molar-refractivity contribution in [2.45, 2.75) is 57.0 Å². The number of benzene rings is 1. The average molecular weight is 367 g/mol. The zero-order valence-electron chi connectivity index (χ0n) is 17.0. The van der Waals surface area contributed by atoms with Crippen LogP contribution in [0.1, 0.15) is 50.5 Å². The van der Waals surface area contributed by atoms with Gasteiger partial charge in [0.2, 0.25) is 0 Å². The molecule has 2 aliphatic rings. The maximum Gasteiger partial charge on any atom is 0.133 e. The van der Waals surface area contributed by atoms with Crippen LogP contribution >= 0.6 is 0 Å². The normalized spacial score (nSPS) is 19.9. The molecular formula is C23H34N4. The summed E-state index contributed by atoms with van der Waals surface area (Å²) >= 11 is 0. The molecule has 4 heteroatoms. The van der Waals surface area contributed by atoms with E-state index in [0.717, 1.165) is 31.7 Å². The molecule has 1 saturated heterocycles. The number of nitrogens with zero attached hydrogens (tertiary/aromatic N) is 3. The first-order valence-electron chi connectivity index (χ1n) is 10.7. The maximum atomic E-state index is 5.08. The lowest BCUT2D eigenvalue weighted by molar-refractivity contribution is 0.153. The summed E-state index contributed by atoms with van der Waals surface area (Å²) < 4.78 is 0. The minimum Gasteiger partial charge on any atom is -0.356 e. The van der Waals surface area contributed by atoms with Crippen molar-refractivity contribution >= 4 is 16.7 Å². The summed E-state index contributed by atoms with van der Waals surface area (Å²) in [5.41, 5.74) is 2.79. The van der Waals surface area contributed by atoms with Gasteiger partial charge in [0.25, 0.3) is 0 Å². The van der Waals surface area contributed by atoms with Crippen LogP contribution < -0.4 is 10.2 Å². The van der Waals surface area contributed by atoms with Gasteiger partial charge >= 0.3 is 0 Å². The highest BCUT2D eigenvalue weighted by Crippen LogP contribution is 2.33. The Bertz CT molecular complexity index is 758. The minimum absolute atomic E-state index is 0.329. The average Bonchev–Trinajstić information content (AvgIpc) is 3.18. The molecule has 0 atom stereocenters. The van der Waals surface area contributed by atoms with E-state index < -0.39 is 0 Å². The van der Waals surface area contributed by atoms with Gasteiger partial charge in [0.1, 0.15) is 5.82 Å². The predicted molar refractivity (Wildman–Crippen MR) is 114 cm³/mol. The van der Waals surface area contributed by atoms with Crippen LogP contribution in [0.15, 0.2) is 30.3 Å². The monoisotopic (exact) mass is 366 g/mol. The van der Waals surface area contributed by atoms with Crippen LogP contribution in [-0.2, 0) is 6.54 Å². The van der Waals surface area contributed by atoms with Crippen molar-refractivity contribution in [3.63, 3.8) is 0 Å². The number of likely N-dealkylation sites (N-methyl/N-ethyl adjacent to an activating group) is 1. The zero-order valence-corrected chi connectivity index (χ0v) is 17.0. The molecule has 1 aliphatic heterocycles. The number of rotatable bonds is 6. The molecule has 4 nitrogen and oxygen atoms in total. The number of para-hydroxylation sites is 1. The number of hydrogen-bond acceptors (Lipinski definition) is 4. The standard InChI is InChI=1S/C23H34N4/c1-26(2)23(12-6-7-13-23)18-24-17-20-16-19-10-4-5-11-21(19)25-22(20)27-14-8-3-9-15-27/h4-5,10-11,16,24H,3,6-9,12-15,17-18H2,1-2H3. The van der Waals surface area contributed by atoms with Gasteiger partial charge in [0, 0.05) is 42.7 Å². The molecule has 2 fully saturated rings. The number of pyridine rings is 1. The van der Waals surface area contributed by atoms with E-state index in [4.69, 9.17) is 4.98 Å². The quantitative estimate of drug-likeness (QED) is 0.831. The number of fused-ring (bicyclic) bond motifs is 1. The van der Waals surface area contributed by atoms with Crippen LogP contribution in [0.2, 0.25) is 0 Å². The largest absolute Gasteiger partial charge is 0.356 e. The molecule has 0 spiro atoms. The first-order chi connectivity index (χ1) is 13.2. The first-order valence-corrected chi connectivity index (χ1v) is 10.7. The Morgan fingerprint density at radius 1 is 1.04 bits per heavy atom. The predicted octanol–water partition coefficient (Wildman–Crippen LogP) is 4.19. The van der Waals surface area contributed by atoms with Crippen molar-refractivity contribution in [1.29, 1.82) is 0 Å². The summed E-state index contributed by atoms with van der Waals surface area (Å²) in [6.07, 6.45) is 9.25. The summed E-state index contributed by atoms with van der Waals surface area (Å²) in [5.74, 6) is 1.20. The fourth-order valence-corrected chi connectivity index (χ4v) is 4.90. The van der Waals surface area contributed by atoms with Crippen LogP contribution in [0.4, 0.5) is 5.82 Å². The Morgan fingerprint density at radius 2 is 1.78 bits per heavy atom. The second-order valence-electron chi connectivity index (χ2n) is 8.64. The van der Waals surface area contributed by atoms with E-state index in [2.05, 4.69) is 59.5 Å². The lowest BCUT2D eigenvalue weighted by atomic mass is 9.96. The zero-order chi connectivity index (χ0) is 18.7. The van der Waals surface area contributed by atoms with Crippen molar-refractivity contribution in [2.24, 2.45) is 0 Å². The van der Waals surface area contributed by atoms with Gasteiger partial charge in [-0.2, -0.15) is 0 Å². The van der Waals surface area contributed by atoms with E-state index in [-0.39, 0.29) is 0 Å². The van der Waals surface area contributed by atoms with Crippen LogP contribution in [-0.4, -0.2) is 49.2 Å². The third-order valence-corrected chi connectivity index (χ3v) is 6.69. The Morgan fingerprint density at radius 3 is 2.52 bits per heavy atom. The molecule has 1 aliphatic carbocycles. The summed E-state index contributed by atoms with van der Waals surface area (Å²) in [4.78, 5) is 10.0. The first kappa shape index (κ1) is 18.7. The molecule has 0 unspecified atom stereocenters. The van der Waals surface area contributed by atoms with Crippen molar-refractivity contribution in [2.75, 3.05) is 38.6 Å². The SMILES string of the molecule is CN(C)C1(CNCc2cc3ccccc3nc2N2CCCCC2)CCCC1. The van der Waals surface area contributed by atoms with Crippen LogP contribution in [0.5, 0.6) is 0 Å². The molecule has 27 heavy (non-hydrogen) atoms. The number of aromatic nitrogens is 1. The third kappa shape index (κ3) is 3.97. The number of nitrogens with one attached hydrogen (secondary N) is 1. The van der Waals surface area contributed by atoms with Crippen LogP contribution in [0, 0.1) is 0 Å². The lowest BCUT2D eigenvalue weighted by Crippen LogP contribution is -2.49. The van der Waals surface area contributed by atoms with Gasteiger partial charge in [0.05, 0.1) is 5.52 Å². The second-order valence-corrected chi connectivity index (χ2v) is 8.64. The molecule has 0 amide bonds. The van der Waals surface area contributed by atoms with E-state index in [9.17, 15) is 0 Å². The molecular weight excluding hydrogens is 332 g/mol. The minimum atomic E-state index is 0.329. The molecule has 0 bridgehead atoms. The van der Waals surface area contributed by atoms with Gasteiger partial charge in [-0.3, -0.25) is 0 Å². The molecule has 1 N–H and O–H groups in total. The van der Waals surface area contributed by atoms with Crippen LogP contribution in [0.3, 0.4) is 0 Å². The number of piperidine rings is 1. The molecule has 4 rings (SSSR count). The highest BCUT2D eigenvalue weighted by Gasteiger charge is 2.35. The fourth-order valence-electron chi connectivity index (χ4n) is 4.90.